The summed E-state index contributed by atoms with van der Waals surface area (Å²) in [6, 6.07) is 7.22. The molecule has 92 heavy (non-hydrogen) atoms. The van der Waals surface area contributed by atoms with Crippen LogP contribution in [0.15, 0.2) is 53.6 Å². The van der Waals surface area contributed by atoms with E-state index in [-0.39, 0.29) is 126 Å². The molecule has 3 aromatic rings. The minimum absolute atomic E-state index is 0.0150. The number of rotatable bonds is 8. The normalized spacial score (nSPS) is 41.2. The fourth-order valence-electron chi connectivity index (χ4n) is 25.1. The topological polar surface area (TPSA) is 238 Å². The van der Waals surface area contributed by atoms with Gasteiger partial charge in [-0.15, -0.1) is 0 Å². The third kappa shape index (κ3) is 8.33. The summed E-state index contributed by atoms with van der Waals surface area (Å²) in [7, 11) is 0. The number of hydrogen-bond donors (Lipinski definition) is 7. The predicted molar refractivity (Wildman–Crippen MR) is 349 cm³/mol. The second kappa shape index (κ2) is 20.2. The maximum atomic E-state index is 16.6. The number of carbonyl (C=O) groups is 4. The highest BCUT2D eigenvalue weighted by Gasteiger charge is 2.73. The van der Waals surface area contributed by atoms with E-state index in [0.29, 0.717) is 69.6 Å². The van der Waals surface area contributed by atoms with Crippen LogP contribution in [0.25, 0.3) is 21.9 Å². The highest BCUT2D eigenvalue weighted by molar-refractivity contribution is 6.18. The number of aliphatic hydroxyl groups excluding tert-OH is 2. The number of aromatic hydroxyl groups is 3. The molecule has 0 bridgehead atoms. The molecule has 0 spiro atoms. The average molecular weight is 1260 g/mol. The number of allylic oxidation sites excluding steroid dienone is 2. The van der Waals surface area contributed by atoms with E-state index in [1.54, 1.807) is 12.1 Å². The third-order valence-electron chi connectivity index (χ3n) is 30.6. The van der Waals surface area contributed by atoms with Crippen LogP contribution >= 0.6 is 0 Å². The van der Waals surface area contributed by atoms with E-state index in [2.05, 4.69) is 95.2 Å². The quantitative estimate of drug-likeness (QED) is 0.0494. The molecule has 16 unspecified atom stereocenters. The summed E-state index contributed by atoms with van der Waals surface area (Å²) in [5, 5.41) is 81.0. The van der Waals surface area contributed by atoms with Gasteiger partial charge in [0.15, 0.2) is 23.0 Å². The van der Waals surface area contributed by atoms with E-state index in [0.717, 1.165) is 75.4 Å². The number of carboxylic acid groups (broad SMARTS) is 2. The number of aliphatic hydroxyl groups is 2. The number of aliphatic carboxylic acids is 2. The SMILES string of the molecule is CC1(C)CCC2(C(=O)O)CCC3(COC(=O)c4cc5ccc(O)c6c5c(c4C(=O)OCC45CCC7(C(=O)O)CCC(C)(C)CC7C4=CCC4C7(C)CCC(O)C(C)(C)C7CCC45C)-c4cc(O)c(O)cc4O6)C(=CCC4C5(C)CCC(O)C(C)(C)C5CCC43C)C2C1. The van der Waals surface area contributed by atoms with Gasteiger partial charge < -0.3 is 50.0 Å². The van der Waals surface area contributed by atoms with E-state index in [4.69, 9.17) is 14.2 Å². The molecule has 8 fully saturated rings. The number of hydrogen-bond acceptors (Lipinski definition) is 12. The van der Waals surface area contributed by atoms with Crippen LogP contribution in [0.3, 0.4) is 0 Å². The lowest BCUT2D eigenvalue weighted by atomic mass is 9.33. The molecule has 3 aromatic carbocycles. The molecule has 10 aliphatic carbocycles. The van der Waals surface area contributed by atoms with Crippen LogP contribution in [-0.4, -0.2) is 85.0 Å². The molecule has 0 aromatic heterocycles. The Kier molecular flexibility index (Phi) is 14.0. The second-order valence-electron chi connectivity index (χ2n) is 35.9. The number of ether oxygens (including phenoxy) is 3. The molecule has 1 heterocycles. The summed E-state index contributed by atoms with van der Waals surface area (Å²) < 4.78 is 20.6. The van der Waals surface area contributed by atoms with Gasteiger partial charge in [-0.25, -0.2) is 9.59 Å². The first-order valence-corrected chi connectivity index (χ1v) is 35.1. The van der Waals surface area contributed by atoms with Gasteiger partial charge in [0.1, 0.15) is 19.0 Å². The monoisotopic (exact) mass is 1260 g/mol. The van der Waals surface area contributed by atoms with Crippen molar-refractivity contribution < 1.29 is 69.1 Å². The number of phenols is 3. The molecular weight excluding hydrogens is 1160 g/mol. The van der Waals surface area contributed by atoms with Crippen LogP contribution in [0.1, 0.15) is 232 Å². The zero-order valence-electron chi connectivity index (χ0n) is 56.7. The zero-order valence-corrected chi connectivity index (χ0v) is 56.7. The van der Waals surface area contributed by atoms with E-state index < -0.39 is 80.1 Å². The van der Waals surface area contributed by atoms with E-state index in [1.165, 1.54) is 18.2 Å². The summed E-state index contributed by atoms with van der Waals surface area (Å²) in [5.41, 5.74) is -3.95. The number of benzene rings is 3. The summed E-state index contributed by atoms with van der Waals surface area (Å²) >= 11 is 0. The number of carboxylic acids is 2. The van der Waals surface area contributed by atoms with Crippen molar-refractivity contribution in [2.75, 3.05) is 13.2 Å². The van der Waals surface area contributed by atoms with Crippen LogP contribution in [-0.2, 0) is 19.1 Å². The molecule has 14 rings (SSSR count). The first kappa shape index (κ1) is 63.8. The van der Waals surface area contributed by atoms with Gasteiger partial charge in [-0.05, 0) is 231 Å². The Bertz CT molecular complexity index is 3740. The Morgan fingerprint density at radius 1 is 0.522 bits per heavy atom. The maximum Gasteiger partial charge on any atom is 0.339 e. The molecule has 7 N–H and O–H groups in total. The molecule has 0 radical (unpaired) electrons. The number of fused-ring (bicyclic) bond motifs is 16. The second-order valence-corrected chi connectivity index (χ2v) is 35.9. The molecule has 11 aliphatic rings. The lowest BCUT2D eigenvalue weighted by Gasteiger charge is -2.71. The summed E-state index contributed by atoms with van der Waals surface area (Å²) in [4.78, 5) is 60.9. The van der Waals surface area contributed by atoms with Crippen molar-refractivity contribution in [1.82, 2.24) is 0 Å². The third-order valence-corrected chi connectivity index (χ3v) is 30.6. The van der Waals surface area contributed by atoms with E-state index >= 15 is 9.59 Å². The molecule has 14 heteroatoms. The molecule has 8 saturated carbocycles. The first-order valence-electron chi connectivity index (χ1n) is 35.1. The van der Waals surface area contributed by atoms with Gasteiger partial charge >= 0.3 is 23.9 Å². The van der Waals surface area contributed by atoms with Crippen LogP contribution in [0.4, 0.5) is 0 Å². The Morgan fingerprint density at radius 3 is 1.46 bits per heavy atom. The van der Waals surface area contributed by atoms with Crippen LogP contribution in [0.2, 0.25) is 0 Å². The van der Waals surface area contributed by atoms with Crippen molar-refractivity contribution in [1.29, 1.82) is 0 Å². The van der Waals surface area contributed by atoms with Crippen molar-refractivity contribution in [3.05, 3.63) is 64.8 Å². The summed E-state index contributed by atoms with van der Waals surface area (Å²) in [6.45, 7) is 27.1. The molecule has 1 aliphatic heterocycles. The minimum atomic E-state index is -1.01. The fourth-order valence-corrected chi connectivity index (χ4v) is 25.1. The highest BCUT2D eigenvalue weighted by Crippen LogP contribution is 2.79. The molecule has 498 valence electrons. The van der Waals surface area contributed by atoms with Crippen molar-refractivity contribution in [2.24, 2.45) is 100 Å². The van der Waals surface area contributed by atoms with Crippen molar-refractivity contribution in [3.63, 3.8) is 0 Å². The first-order chi connectivity index (χ1) is 42.9. The van der Waals surface area contributed by atoms with E-state index in [1.807, 2.05) is 0 Å². The minimum Gasteiger partial charge on any atom is -0.504 e. The van der Waals surface area contributed by atoms with Gasteiger partial charge in [-0.2, -0.15) is 0 Å². The lowest BCUT2D eigenvalue weighted by molar-refractivity contribution is -0.214. The van der Waals surface area contributed by atoms with E-state index in [9.17, 15) is 45.3 Å². The standard InChI is InChI=1S/C78H102O14/c1-67(2)27-29-75(65(86)87)31-33-77(45(47(75)38-67)14-17-55-71(9)23-21-57(82)69(5,6)53(71)19-25-73(55,77)11)40-90-63(84)44-35-42-13-16-49(79)62-59(42)60(43-36-50(80)51(81)37-52(43)92-62)61(44)64(85)91-41-78-34-32-76(66(88)89)30-28-68(3,4)39-48(76)46(78)15-18-56-72(10)24-22-58(83)70(7,8)54(72)20-26-74(56,78)12/h13-16,35-37,47-48,53-58,79-83H,17-34,38-41H2,1-12H3,(H,86,87)(H,88,89). The molecule has 0 saturated heterocycles. The summed E-state index contributed by atoms with van der Waals surface area (Å²) in [5.74, 6) is -4.56. The highest BCUT2D eigenvalue weighted by atomic mass is 16.5. The Morgan fingerprint density at radius 2 is 0.978 bits per heavy atom. The summed E-state index contributed by atoms with van der Waals surface area (Å²) in [6.07, 6.45) is 17.1. The van der Waals surface area contributed by atoms with Gasteiger partial charge in [-0.1, -0.05) is 112 Å². The maximum absolute atomic E-state index is 16.6. The Hall–Kier alpha value is -5.60. The average Bonchev–Trinajstić information content (AvgIpc) is 0.680. The van der Waals surface area contributed by atoms with Gasteiger partial charge in [0, 0.05) is 33.4 Å². The molecule has 0 amide bonds. The van der Waals surface area contributed by atoms with Gasteiger partial charge in [0.2, 0.25) is 0 Å². The van der Waals surface area contributed by atoms with Gasteiger partial charge in [0.05, 0.1) is 34.2 Å². The smallest absolute Gasteiger partial charge is 0.339 e. The molecular formula is C78H102O14. The zero-order chi connectivity index (χ0) is 66.1. The number of esters is 2. The largest absolute Gasteiger partial charge is 0.504 e. The Labute approximate surface area is 543 Å². The lowest BCUT2D eigenvalue weighted by Crippen LogP contribution is -2.66. The molecule has 16 atom stereocenters. The van der Waals surface area contributed by atoms with Gasteiger partial charge in [0.25, 0.3) is 0 Å². The predicted octanol–water partition coefficient (Wildman–Crippen LogP) is 16.5. The Balaban J connectivity index is 0.915. The van der Waals surface area contributed by atoms with Crippen molar-refractivity contribution >= 4 is 34.6 Å². The molecule has 14 nitrogen and oxygen atoms in total. The van der Waals surface area contributed by atoms with Crippen LogP contribution in [0.5, 0.6) is 28.7 Å². The van der Waals surface area contributed by atoms with Crippen molar-refractivity contribution in [2.45, 2.75) is 224 Å². The van der Waals surface area contributed by atoms with Crippen LogP contribution in [0, 0.1) is 100 Å². The van der Waals surface area contributed by atoms with Crippen molar-refractivity contribution in [3.8, 4) is 39.9 Å². The van der Waals surface area contributed by atoms with Gasteiger partial charge in [-0.3, -0.25) is 9.59 Å². The van der Waals surface area contributed by atoms with Crippen LogP contribution < -0.4 is 4.74 Å². The number of carbonyl (C=O) groups excluding carboxylic acids is 2. The fraction of sp³-hybridized carbons (Fsp3) is 0.692. The number of phenolic OH excluding ortho intramolecular Hbond substituents is 3.